The van der Waals surface area contributed by atoms with Crippen LogP contribution < -0.4 is 5.32 Å². The molecule has 2 rings (SSSR count). The summed E-state index contributed by atoms with van der Waals surface area (Å²) in [6.07, 6.45) is 6.64. The molecule has 1 aromatic rings. The lowest BCUT2D eigenvalue weighted by atomic mass is 10.0. The van der Waals surface area contributed by atoms with E-state index in [9.17, 15) is 0 Å². The summed E-state index contributed by atoms with van der Waals surface area (Å²) in [5.74, 6) is 0. The maximum atomic E-state index is 6.29. The molecule has 3 heteroatoms. The van der Waals surface area contributed by atoms with Crippen LogP contribution in [0.2, 0.25) is 5.02 Å². The van der Waals surface area contributed by atoms with Gasteiger partial charge in [-0.1, -0.05) is 42.6 Å². The summed E-state index contributed by atoms with van der Waals surface area (Å²) in [6, 6.07) is 9.29. The summed E-state index contributed by atoms with van der Waals surface area (Å²) in [4.78, 5) is 2.52. The Labute approximate surface area is 122 Å². The second-order valence-corrected chi connectivity index (χ2v) is 5.98. The Balaban J connectivity index is 1.90. The smallest absolute Gasteiger partial charge is 0.0453 e. The average Bonchev–Trinajstić information content (AvgIpc) is 2.95. The van der Waals surface area contributed by atoms with Gasteiger partial charge in [0.15, 0.2) is 0 Å². The molecule has 0 aromatic heterocycles. The number of nitrogens with one attached hydrogen (secondary N) is 1. The van der Waals surface area contributed by atoms with Crippen LogP contribution in [0.25, 0.3) is 0 Å². The highest BCUT2D eigenvalue weighted by atomic mass is 35.5. The van der Waals surface area contributed by atoms with Crippen molar-refractivity contribution >= 4 is 11.6 Å². The molecule has 2 nitrogen and oxygen atoms in total. The van der Waals surface area contributed by atoms with Gasteiger partial charge in [-0.05, 0) is 51.5 Å². The first-order valence-electron chi connectivity index (χ1n) is 7.34. The Morgan fingerprint density at radius 1 is 1.32 bits per heavy atom. The first kappa shape index (κ1) is 14.8. The molecule has 1 saturated carbocycles. The molecular weight excluding hydrogens is 256 g/mol. The minimum absolute atomic E-state index is 0.345. The fourth-order valence-corrected chi connectivity index (χ4v) is 3.34. The van der Waals surface area contributed by atoms with E-state index in [2.05, 4.69) is 29.4 Å². The number of nitrogens with zero attached hydrogens (tertiary/aromatic N) is 1. The third-order valence-corrected chi connectivity index (χ3v) is 4.69. The minimum Gasteiger partial charge on any atom is -0.313 e. The molecule has 1 atom stereocenters. The van der Waals surface area contributed by atoms with E-state index in [1.807, 2.05) is 19.2 Å². The van der Waals surface area contributed by atoms with E-state index in [0.29, 0.717) is 6.04 Å². The number of benzene rings is 1. The fraction of sp³-hybridized carbons (Fsp3) is 0.625. The first-order valence-corrected chi connectivity index (χ1v) is 7.72. The van der Waals surface area contributed by atoms with Crippen molar-refractivity contribution in [3.05, 3.63) is 34.9 Å². The lowest BCUT2D eigenvalue weighted by Gasteiger charge is -2.26. The van der Waals surface area contributed by atoms with E-state index >= 15 is 0 Å². The van der Waals surface area contributed by atoms with Gasteiger partial charge in [0.2, 0.25) is 0 Å². The van der Waals surface area contributed by atoms with Crippen LogP contribution in [0.1, 0.15) is 43.7 Å². The van der Waals surface area contributed by atoms with Crippen LogP contribution in [0.3, 0.4) is 0 Å². The molecule has 1 aliphatic carbocycles. The maximum absolute atomic E-state index is 6.29. The normalized spacial score (nSPS) is 18.1. The Morgan fingerprint density at radius 3 is 2.63 bits per heavy atom. The second-order valence-electron chi connectivity index (χ2n) is 5.57. The summed E-state index contributed by atoms with van der Waals surface area (Å²) in [6.45, 7) is 1.13. The van der Waals surface area contributed by atoms with E-state index in [4.69, 9.17) is 11.6 Å². The zero-order chi connectivity index (χ0) is 13.7. The predicted octanol–water partition coefficient (Wildman–Crippen LogP) is 3.87. The van der Waals surface area contributed by atoms with Gasteiger partial charge in [0.25, 0.3) is 0 Å². The van der Waals surface area contributed by atoms with Crippen molar-refractivity contribution in [3.8, 4) is 0 Å². The van der Waals surface area contributed by atoms with E-state index in [0.717, 1.165) is 24.0 Å². The van der Waals surface area contributed by atoms with Gasteiger partial charge >= 0.3 is 0 Å². The molecule has 1 fully saturated rings. The van der Waals surface area contributed by atoms with Gasteiger partial charge in [0, 0.05) is 17.1 Å². The highest BCUT2D eigenvalue weighted by Crippen LogP contribution is 2.27. The minimum atomic E-state index is 0.345. The third-order valence-electron chi connectivity index (χ3n) is 4.35. The van der Waals surface area contributed by atoms with Crippen molar-refractivity contribution in [1.29, 1.82) is 0 Å². The average molecular weight is 281 g/mol. The Kier molecular flexibility index (Phi) is 5.68. The number of hydrogen-bond acceptors (Lipinski definition) is 2. The van der Waals surface area contributed by atoms with E-state index in [1.165, 1.54) is 31.2 Å². The fourth-order valence-electron chi connectivity index (χ4n) is 3.07. The van der Waals surface area contributed by atoms with Crippen LogP contribution in [0, 0.1) is 0 Å². The van der Waals surface area contributed by atoms with Gasteiger partial charge in [0.1, 0.15) is 0 Å². The van der Waals surface area contributed by atoms with Gasteiger partial charge in [-0.15, -0.1) is 0 Å². The lowest BCUT2D eigenvalue weighted by molar-refractivity contribution is 0.233. The molecule has 1 N–H and O–H groups in total. The topological polar surface area (TPSA) is 15.3 Å². The number of rotatable bonds is 6. The van der Waals surface area contributed by atoms with Crippen LogP contribution in [0.15, 0.2) is 24.3 Å². The van der Waals surface area contributed by atoms with Crippen molar-refractivity contribution in [2.24, 2.45) is 0 Å². The van der Waals surface area contributed by atoms with Crippen LogP contribution in [-0.4, -0.2) is 31.6 Å². The van der Waals surface area contributed by atoms with Crippen LogP contribution in [0.4, 0.5) is 0 Å². The Bertz CT molecular complexity index is 388. The molecule has 106 valence electrons. The van der Waals surface area contributed by atoms with Gasteiger partial charge in [-0.2, -0.15) is 0 Å². The molecule has 1 aliphatic rings. The molecule has 0 bridgehead atoms. The van der Waals surface area contributed by atoms with Crippen LogP contribution in [0.5, 0.6) is 0 Å². The van der Waals surface area contributed by atoms with Gasteiger partial charge < -0.3 is 10.2 Å². The predicted molar refractivity (Wildman–Crippen MR) is 82.8 cm³/mol. The molecule has 0 amide bonds. The zero-order valence-electron chi connectivity index (χ0n) is 12.0. The van der Waals surface area contributed by atoms with Gasteiger partial charge in [-0.3, -0.25) is 0 Å². The molecule has 1 unspecified atom stereocenters. The first-order chi connectivity index (χ1) is 9.22. The van der Waals surface area contributed by atoms with Crippen LogP contribution >= 0.6 is 11.6 Å². The highest BCUT2D eigenvalue weighted by Gasteiger charge is 2.20. The molecule has 1 aromatic carbocycles. The molecule has 0 heterocycles. The molecule has 0 saturated heterocycles. The molecule has 0 radical (unpaired) electrons. The number of hydrogen-bond donors (Lipinski definition) is 1. The summed E-state index contributed by atoms with van der Waals surface area (Å²) in [5, 5.41) is 4.26. The highest BCUT2D eigenvalue weighted by molar-refractivity contribution is 6.31. The standard InChI is InChI=1S/C16H25ClN2/c1-18-16(14-9-5-6-10-15(14)17)11-12-19(2)13-7-3-4-8-13/h5-6,9-10,13,16,18H,3-4,7-8,11-12H2,1-2H3. The number of halogens is 1. The van der Waals surface area contributed by atoms with Crippen molar-refractivity contribution in [2.45, 2.75) is 44.2 Å². The third kappa shape index (κ3) is 3.95. The molecule has 19 heavy (non-hydrogen) atoms. The van der Waals surface area contributed by atoms with E-state index < -0.39 is 0 Å². The quantitative estimate of drug-likeness (QED) is 0.851. The maximum Gasteiger partial charge on any atom is 0.0453 e. The Morgan fingerprint density at radius 2 is 2.00 bits per heavy atom. The van der Waals surface area contributed by atoms with Crippen molar-refractivity contribution in [1.82, 2.24) is 10.2 Å². The second kappa shape index (κ2) is 7.28. The SMILES string of the molecule is CNC(CCN(C)C1CCCC1)c1ccccc1Cl. The van der Waals surface area contributed by atoms with Crippen molar-refractivity contribution < 1.29 is 0 Å². The molecule has 0 aliphatic heterocycles. The van der Waals surface area contributed by atoms with Crippen molar-refractivity contribution in [3.63, 3.8) is 0 Å². The monoisotopic (exact) mass is 280 g/mol. The van der Waals surface area contributed by atoms with Gasteiger partial charge in [0.05, 0.1) is 0 Å². The van der Waals surface area contributed by atoms with Crippen LogP contribution in [-0.2, 0) is 0 Å². The summed E-state index contributed by atoms with van der Waals surface area (Å²) >= 11 is 6.29. The zero-order valence-corrected chi connectivity index (χ0v) is 12.8. The summed E-state index contributed by atoms with van der Waals surface area (Å²) in [7, 11) is 4.28. The summed E-state index contributed by atoms with van der Waals surface area (Å²) < 4.78 is 0. The lowest BCUT2D eigenvalue weighted by Crippen LogP contribution is -2.32. The van der Waals surface area contributed by atoms with E-state index in [-0.39, 0.29) is 0 Å². The van der Waals surface area contributed by atoms with Gasteiger partial charge in [-0.25, -0.2) is 0 Å². The van der Waals surface area contributed by atoms with E-state index in [1.54, 1.807) is 0 Å². The van der Waals surface area contributed by atoms with Crippen molar-refractivity contribution in [2.75, 3.05) is 20.6 Å². The largest absolute Gasteiger partial charge is 0.313 e. The molecule has 0 spiro atoms. The Hall–Kier alpha value is -0.570. The summed E-state index contributed by atoms with van der Waals surface area (Å²) in [5.41, 5.74) is 1.21. The molecular formula is C16H25ClN2.